The van der Waals surface area contributed by atoms with E-state index in [-0.39, 0.29) is 0 Å². The van der Waals surface area contributed by atoms with Gasteiger partial charge in [0.25, 0.3) is 0 Å². The average molecular weight is 209 g/mol. The van der Waals surface area contributed by atoms with Gasteiger partial charge in [-0.3, -0.25) is 4.79 Å². The van der Waals surface area contributed by atoms with Gasteiger partial charge in [-0.25, -0.2) is 0 Å². The number of rotatable bonds is 3. The smallest absolute Gasteiger partial charge is 0.160 e. The van der Waals surface area contributed by atoms with Crippen LogP contribution in [0.15, 0.2) is 12.3 Å². The van der Waals surface area contributed by atoms with Crippen LogP contribution in [0.1, 0.15) is 44.9 Å². The molecule has 0 bridgehead atoms. The Morgan fingerprint density at radius 2 is 1.60 bits per heavy atom. The number of carbonyl (C=O) groups excluding carboxylic acids is 1. The molecule has 0 saturated heterocycles. The Morgan fingerprint density at radius 1 is 1.07 bits per heavy atom. The van der Waals surface area contributed by atoms with Crippen LogP contribution in [0.4, 0.5) is 0 Å². The highest BCUT2D eigenvalue weighted by atomic mass is 16.1. The molecule has 0 aliphatic heterocycles. The van der Waals surface area contributed by atoms with E-state index in [4.69, 9.17) is 0 Å². The van der Waals surface area contributed by atoms with Gasteiger partial charge in [0.05, 0.1) is 0 Å². The van der Waals surface area contributed by atoms with Crippen LogP contribution in [0, 0.1) is 5.92 Å². The summed E-state index contributed by atoms with van der Waals surface area (Å²) in [5.41, 5.74) is 0. The van der Waals surface area contributed by atoms with Crippen molar-refractivity contribution in [1.29, 1.82) is 0 Å². The second kappa shape index (κ2) is 6.65. The quantitative estimate of drug-likeness (QED) is 0.666. The van der Waals surface area contributed by atoms with Crippen molar-refractivity contribution in [1.82, 2.24) is 4.90 Å². The first kappa shape index (κ1) is 12.3. The summed E-state index contributed by atoms with van der Waals surface area (Å²) in [6, 6.07) is 0. The molecule has 0 N–H and O–H groups in total. The Morgan fingerprint density at radius 3 is 2.13 bits per heavy atom. The van der Waals surface area contributed by atoms with E-state index in [9.17, 15) is 4.79 Å². The predicted molar refractivity (Wildman–Crippen MR) is 63.6 cm³/mol. The molecule has 1 saturated carbocycles. The fourth-order valence-electron chi connectivity index (χ4n) is 2.10. The fourth-order valence-corrected chi connectivity index (χ4v) is 2.10. The lowest BCUT2D eigenvalue weighted by Crippen LogP contribution is -2.14. The summed E-state index contributed by atoms with van der Waals surface area (Å²) in [7, 11) is 3.89. The second-order valence-corrected chi connectivity index (χ2v) is 4.72. The topological polar surface area (TPSA) is 20.3 Å². The zero-order valence-corrected chi connectivity index (χ0v) is 10.0. The number of hydrogen-bond donors (Lipinski definition) is 0. The van der Waals surface area contributed by atoms with Crippen LogP contribution in [0.2, 0.25) is 0 Å². The van der Waals surface area contributed by atoms with Gasteiger partial charge in [0.2, 0.25) is 0 Å². The van der Waals surface area contributed by atoms with Crippen molar-refractivity contribution in [3.63, 3.8) is 0 Å². The highest BCUT2D eigenvalue weighted by Gasteiger charge is 2.16. The molecule has 0 spiro atoms. The Bertz CT molecular complexity index is 213. The first-order chi connectivity index (χ1) is 7.20. The molecule has 86 valence electrons. The summed E-state index contributed by atoms with van der Waals surface area (Å²) in [6.07, 6.45) is 12.2. The van der Waals surface area contributed by atoms with E-state index in [2.05, 4.69) is 0 Å². The van der Waals surface area contributed by atoms with E-state index in [1.165, 1.54) is 32.1 Å². The lowest BCUT2D eigenvalue weighted by atomic mass is 9.88. The zero-order chi connectivity index (χ0) is 11.1. The van der Waals surface area contributed by atoms with Crippen molar-refractivity contribution in [2.24, 2.45) is 5.92 Å². The molecular weight excluding hydrogens is 186 g/mol. The molecule has 1 aliphatic carbocycles. The van der Waals surface area contributed by atoms with Crippen LogP contribution in [0.5, 0.6) is 0 Å². The molecule has 1 rings (SSSR count). The van der Waals surface area contributed by atoms with Gasteiger partial charge in [-0.05, 0) is 18.9 Å². The molecule has 0 atom stereocenters. The van der Waals surface area contributed by atoms with E-state index in [1.54, 1.807) is 6.08 Å². The third-order valence-corrected chi connectivity index (χ3v) is 3.04. The van der Waals surface area contributed by atoms with Crippen LogP contribution in [0.3, 0.4) is 0 Å². The van der Waals surface area contributed by atoms with E-state index in [0.717, 1.165) is 12.8 Å². The zero-order valence-electron chi connectivity index (χ0n) is 10.0. The Labute approximate surface area is 93.3 Å². The highest BCUT2D eigenvalue weighted by molar-refractivity contribution is 5.91. The molecule has 2 heteroatoms. The van der Waals surface area contributed by atoms with Crippen molar-refractivity contribution in [2.75, 3.05) is 14.1 Å². The SMILES string of the molecule is CN(C)/C=C/C(=O)C1CCCCCCC1. The lowest BCUT2D eigenvalue weighted by molar-refractivity contribution is -0.118. The van der Waals surface area contributed by atoms with Crippen LogP contribution in [0.25, 0.3) is 0 Å². The van der Waals surface area contributed by atoms with Crippen molar-refractivity contribution < 1.29 is 4.79 Å². The van der Waals surface area contributed by atoms with Crippen molar-refractivity contribution in [2.45, 2.75) is 44.9 Å². The van der Waals surface area contributed by atoms with Gasteiger partial charge in [0.1, 0.15) is 0 Å². The molecular formula is C13H23NO. The summed E-state index contributed by atoms with van der Waals surface area (Å²) in [5.74, 6) is 0.618. The molecule has 1 fully saturated rings. The van der Waals surface area contributed by atoms with E-state index in [0.29, 0.717) is 11.7 Å². The number of allylic oxidation sites excluding steroid dienone is 1. The largest absolute Gasteiger partial charge is 0.383 e. The van der Waals surface area contributed by atoms with Crippen molar-refractivity contribution in [3.8, 4) is 0 Å². The molecule has 0 unspecified atom stereocenters. The summed E-state index contributed by atoms with van der Waals surface area (Å²) in [4.78, 5) is 13.8. The molecule has 15 heavy (non-hydrogen) atoms. The number of carbonyl (C=O) groups is 1. The lowest BCUT2D eigenvalue weighted by Gasteiger charge is -2.17. The van der Waals surface area contributed by atoms with Gasteiger partial charge in [-0.15, -0.1) is 0 Å². The van der Waals surface area contributed by atoms with Gasteiger partial charge in [0, 0.05) is 26.2 Å². The molecule has 0 aromatic carbocycles. The van der Waals surface area contributed by atoms with E-state index >= 15 is 0 Å². The number of ketones is 1. The molecule has 1 aliphatic rings. The van der Waals surface area contributed by atoms with E-state index in [1.807, 2.05) is 25.2 Å². The normalized spacial score (nSPS) is 19.9. The van der Waals surface area contributed by atoms with Gasteiger partial charge in [0.15, 0.2) is 5.78 Å². The maximum atomic E-state index is 11.9. The summed E-state index contributed by atoms with van der Waals surface area (Å²) in [6.45, 7) is 0. The maximum absolute atomic E-state index is 11.9. The molecule has 0 aromatic heterocycles. The van der Waals surface area contributed by atoms with Crippen molar-refractivity contribution >= 4 is 5.78 Å². The molecule has 0 aromatic rings. The summed E-state index contributed by atoms with van der Waals surface area (Å²) < 4.78 is 0. The van der Waals surface area contributed by atoms with Crippen LogP contribution in [-0.2, 0) is 4.79 Å². The third kappa shape index (κ3) is 5.01. The van der Waals surface area contributed by atoms with Gasteiger partial charge < -0.3 is 4.90 Å². The third-order valence-electron chi connectivity index (χ3n) is 3.04. The van der Waals surface area contributed by atoms with Gasteiger partial charge >= 0.3 is 0 Å². The van der Waals surface area contributed by atoms with Crippen LogP contribution >= 0.6 is 0 Å². The maximum Gasteiger partial charge on any atom is 0.160 e. The standard InChI is InChI=1S/C13H23NO/c1-14(2)11-10-13(15)12-8-6-4-3-5-7-9-12/h10-12H,3-9H2,1-2H3/b11-10+. The first-order valence-corrected chi connectivity index (χ1v) is 6.08. The second-order valence-electron chi connectivity index (χ2n) is 4.72. The fraction of sp³-hybridized carbons (Fsp3) is 0.769. The number of hydrogen-bond acceptors (Lipinski definition) is 2. The summed E-state index contributed by atoms with van der Waals surface area (Å²) >= 11 is 0. The Hall–Kier alpha value is -0.790. The van der Waals surface area contributed by atoms with Gasteiger partial charge in [-0.2, -0.15) is 0 Å². The minimum atomic E-state index is 0.293. The van der Waals surface area contributed by atoms with Gasteiger partial charge in [-0.1, -0.05) is 32.1 Å². The molecule has 2 nitrogen and oxygen atoms in total. The van der Waals surface area contributed by atoms with E-state index < -0.39 is 0 Å². The van der Waals surface area contributed by atoms with Crippen LogP contribution in [-0.4, -0.2) is 24.8 Å². The molecule has 0 radical (unpaired) electrons. The monoisotopic (exact) mass is 209 g/mol. The minimum absolute atomic E-state index is 0.293. The number of nitrogens with zero attached hydrogens (tertiary/aromatic N) is 1. The highest BCUT2D eigenvalue weighted by Crippen LogP contribution is 2.23. The van der Waals surface area contributed by atoms with Crippen LogP contribution < -0.4 is 0 Å². The average Bonchev–Trinajstić information content (AvgIpc) is 2.13. The minimum Gasteiger partial charge on any atom is -0.383 e. The molecule has 0 amide bonds. The predicted octanol–water partition coefficient (Wildman–Crippen LogP) is 2.99. The first-order valence-electron chi connectivity index (χ1n) is 6.08. The Balaban J connectivity index is 2.41. The van der Waals surface area contributed by atoms with Crippen molar-refractivity contribution in [3.05, 3.63) is 12.3 Å². The Kier molecular flexibility index (Phi) is 5.44. The summed E-state index contributed by atoms with van der Waals surface area (Å²) in [5, 5.41) is 0. The molecule has 0 heterocycles.